The third kappa shape index (κ3) is 8.76. The maximum Gasteiger partial charge on any atom is 0.387 e. The number of rotatable bonds is 14. The van der Waals surface area contributed by atoms with Crippen LogP contribution in [0.25, 0.3) is 11.3 Å². The fourth-order valence-electron chi connectivity index (χ4n) is 6.12. The molecule has 3 amide bonds. The molecule has 2 fully saturated rings. The molecule has 1 aromatic heterocycles. The minimum Gasteiger partial charge on any atom is -0.432 e. The fraction of sp³-hybridized carbons (Fsp3) is 0.471. The van der Waals surface area contributed by atoms with Gasteiger partial charge in [0.1, 0.15) is 0 Å². The second-order valence-electron chi connectivity index (χ2n) is 12.3. The van der Waals surface area contributed by atoms with Crippen LogP contribution in [0.15, 0.2) is 36.5 Å². The van der Waals surface area contributed by atoms with Crippen LogP contribution in [0.1, 0.15) is 52.7 Å². The molecule has 0 saturated carbocycles. The number of anilines is 1. The number of benzene rings is 2. The summed E-state index contributed by atoms with van der Waals surface area (Å²) in [7, 11) is 1.42. The lowest BCUT2D eigenvalue weighted by molar-refractivity contribution is -0.126. The molecule has 2 aliphatic heterocycles. The number of alkyl halides is 2. The summed E-state index contributed by atoms with van der Waals surface area (Å²) in [4.78, 5) is 45.1. The summed E-state index contributed by atoms with van der Waals surface area (Å²) in [6.45, 7) is 4.54. The van der Waals surface area contributed by atoms with Gasteiger partial charge in [-0.3, -0.25) is 14.4 Å². The van der Waals surface area contributed by atoms with E-state index in [1.807, 2.05) is 6.92 Å². The Bertz CT molecular complexity index is 1660. The van der Waals surface area contributed by atoms with Crippen molar-refractivity contribution in [2.24, 2.45) is 18.9 Å². The first-order valence-electron chi connectivity index (χ1n) is 16.4. The van der Waals surface area contributed by atoms with Crippen LogP contribution >= 0.6 is 0 Å². The highest BCUT2D eigenvalue weighted by atomic mass is 19.3. The normalized spacial score (nSPS) is 15.6. The molecule has 2 aromatic carbocycles. The Hall–Kier alpha value is -4.50. The van der Waals surface area contributed by atoms with Crippen LogP contribution in [0.3, 0.4) is 0 Å². The molecule has 0 radical (unpaired) electrons. The maximum absolute atomic E-state index is 14.7. The zero-order valence-electron chi connectivity index (χ0n) is 27.5. The smallest absolute Gasteiger partial charge is 0.387 e. The van der Waals surface area contributed by atoms with Gasteiger partial charge in [-0.25, -0.2) is 9.37 Å². The number of hydrogen-bond acceptors (Lipinski definition) is 7. The Morgan fingerprint density at radius 1 is 1.02 bits per heavy atom. The van der Waals surface area contributed by atoms with Crippen LogP contribution in [0, 0.1) is 23.5 Å². The first kappa shape index (κ1) is 35.8. The number of likely N-dealkylation sites (tertiary alicyclic amines) is 1. The van der Waals surface area contributed by atoms with Crippen molar-refractivity contribution in [2.45, 2.75) is 39.2 Å². The summed E-state index contributed by atoms with van der Waals surface area (Å²) in [6, 6.07) is 6.77. The zero-order chi connectivity index (χ0) is 35.1. The first-order valence-corrected chi connectivity index (χ1v) is 16.4. The highest BCUT2D eigenvalue weighted by Gasteiger charge is 2.28. The number of nitrogens with one attached hydrogen (secondary N) is 4. The largest absolute Gasteiger partial charge is 0.432 e. The Balaban J connectivity index is 1.09. The van der Waals surface area contributed by atoms with Gasteiger partial charge in [0.05, 0.1) is 11.9 Å². The van der Waals surface area contributed by atoms with E-state index in [0.717, 1.165) is 69.8 Å². The number of hydrogen-bond donors (Lipinski definition) is 4. The van der Waals surface area contributed by atoms with Gasteiger partial charge < -0.3 is 35.5 Å². The van der Waals surface area contributed by atoms with E-state index in [-0.39, 0.29) is 34.8 Å². The number of aromatic nitrogens is 2. The summed E-state index contributed by atoms with van der Waals surface area (Å²) in [5, 5.41) is 11.9. The van der Waals surface area contributed by atoms with Gasteiger partial charge in [0.25, 0.3) is 11.8 Å². The van der Waals surface area contributed by atoms with E-state index in [9.17, 15) is 31.9 Å². The number of halogens is 4. The standard InChI is InChI=1S/C34H41F4N7O4/c1-3-21-15-23(43-33(48)30-42-18-26(44(30)2)25-7-8-27(49-34(37)38)29(36)28(25)35)5-6-24(21)32(47)41-12-4-11-40-31(46)22-9-13-45(14-10-22)19-20-16-39-17-20/h5-8,15,18,20,22,34,39H,3-4,9-14,16-17,19H2,1-2H3,(H,40,46)(H,41,47)(H,43,48). The summed E-state index contributed by atoms with van der Waals surface area (Å²) in [5.41, 5.74) is 1.26. The second kappa shape index (κ2) is 16.3. The number of nitrogens with zero attached hydrogens (tertiary/aromatic N) is 3. The van der Waals surface area contributed by atoms with E-state index < -0.39 is 29.9 Å². The third-order valence-electron chi connectivity index (χ3n) is 9.00. The summed E-state index contributed by atoms with van der Waals surface area (Å²) in [6.07, 6.45) is 3.97. The molecule has 264 valence electrons. The number of amides is 3. The quantitative estimate of drug-likeness (QED) is 0.149. The molecule has 2 aliphatic rings. The first-order chi connectivity index (χ1) is 23.5. The molecule has 0 spiro atoms. The SMILES string of the molecule is CCc1cc(NC(=O)c2ncc(-c3ccc(OC(F)F)c(F)c3F)n2C)ccc1C(=O)NCCCNC(=O)C1CCN(CC2CNC2)CC1. The molecule has 11 nitrogen and oxygen atoms in total. The fourth-order valence-corrected chi connectivity index (χ4v) is 6.12. The molecule has 5 rings (SSSR count). The van der Waals surface area contributed by atoms with Crippen LogP contribution in [0.5, 0.6) is 5.75 Å². The zero-order valence-corrected chi connectivity index (χ0v) is 27.5. The Labute approximate surface area is 281 Å². The molecule has 49 heavy (non-hydrogen) atoms. The number of carbonyl (C=O) groups excluding carboxylic acids is 3. The molecule has 0 unspecified atom stereocenters. The van der Waals surface area contributed by atoms with Crippen LogP contribution in [0.2, 0.25) is 0 Å². The third-order valence-corrected chi connectivity index (χ3v) is 9.00. The van der Waals surface area contributed by atoms with Crippen molar-refractivity contribution in [3.63, 3.8) is 0 Å². The molecule has 0 aliphatic carbocycles. The lowest BCUT2D eigenvalue weighted by Gasteiger charge is -2.37. The molecule has 3 heterocycles. The molecule has 4 N–H and O–H groups in total. The van der Waals surface area contributed by atoms with E-state index >= 15 is 0 Å². The Morgan fingerprint density at radius 3 is 2.43 bits per heavy atom. The minimum atomic E-state index is -3.33. The molecule has 2 saturated heterocycles. The monoisotopic (exact) mass is 687 g/mol. The molecule has 0 bridgehead atoms. The van der Waals surface area contributed by atoms with Crippen molar-refractivity contribution in [1.82, 2.24) is 30.4 Å². The molecular weight excluding hydrogens is 646 g/mol. The molecular formula is C34H41F4N7O4. The van der Waals surface area contributed by atoms with Gasteiger partial charge in [-0.05, 0) is 80.6 Å². The number of carbonyl (C=O) groups is 3. The topological polar surface area (TPSA) is 130 Å². The van der Waals surface area contributed by atoms with Crippen molar-refractivity contribution in [2.75, 3.05) is 51.1 Å². The van der Waals surface area contributed by atoms with Crippen LogP contribution < -0.4 is 26.0 Å². The van der Waals surface area contributed by atoms with Crippen molar-refractivity contribution in [3.05, 3.63) is 65.1 Å². The summed E-state index contributed by atoms with van der Waals surface area (Å²) in [5.74, 6) is -4.18. The van der Waals surface area contributed by atoms with Crippen molar-refractivity contribution >= 4 is 23.4 Å². The van der Waals surface area contributed by atoms with Gasteiger partial charge >= 0.3 is 6.61 Å². The highest BCUT2D eigenvalue weighted by molar-refractivity contribution is 6.03. The van der Waals surface area contributed by atoms with Crippen molar-refractivity contribution < 1.29 is 36.7 Å². The highest BCUT2D eigenvalue weighted by Crippen LogP contribution is 2.31. The lowest BCUT2D eigenvalue weighted by Crippen LogP contribution is -2.50. The number of piperidine rings is 1. The van der Waals surface area contributed by atoms with E-state index in [4.69, 9.17) is 0 Å². The van der Waals surface area contributed by atoms with Gasteiger partial charge in [-0.2, -0.15) is 13.2 Å². The average molecular weight is 688 g/mol. The van der Waals surface area contributed by atoms with Gasteiger partial charge in [0.2, 0.25) is 11.7 Å². The van der Waals surface area contributed by atoms with Gasteiger partial charge in [0, 0.05) is 62.5 Å². The molecule has 15 heteroatoms. The van der Waals surface area contributed by atoms with Crippen LogP contribution in [-0.2, 0) is 18.3 Å². The maximum atomic E-state index is 14.7. The average Bonchev–Trinajstić information content (AvgIpc) is 3.45. The van der Waals surface area contributed by atoms with E-state index in [0.29, 0.717) is 42.7 Å². The number of imidazole rings is 1. The van der Waals surface area contributed by atoms with Crippen molar-refractivity contribution in [3.8, 4) is 17.0 Å². The second-order valence-corrected chi connectivity index (χ2v) is 12.3. The van der Waals surface area contributed by atoms with Crippen LogP contribution in [-0.4, -0.2) is 84.6 Å². The van der Waals surface area contributed by atoms with E-state index in [1.54, 1.807) is 18.2 Å². The number of aryl methyl sites for hydroxylation is 1. The predicted molar refractivity (Wildman–Crippen MR) is 174 cm³/mol. The number of ether oxygens (including phenoxy) is 1. The predicted octanol–water partition coefficient (Wildman–Crippen LogP) is 3.95. The van der Waals surface area contributed by atoms with Gasteiger partial charge in [-0.1, -0.05) is 6.92 Å². The molecule has 3 aromatic rings. The van der Waals surface area contributed by atoms with Gasteiger partial charge in [-0.15, -0.1) is 0 Å². The lowest BCUT2D eigenvalue weighted by atomic mass is 9.94. The molecule has 0 atom stereocenters. The Kier molecular flexibility index (Phi) is 11.9. The van der Waals surface area contributed by atoms with Crippen molar-refractivity contribution in [1.29, 1.82) is 0 Å². The minimum absolute atomic E-state index is 0.0262. The van der Waals surface area contributed by atoms with Crippen LogP contribution in [0.4, 0.5) is 23.2 Å². The Morgan fingerprint density at radius 2 is 1.76 bits per heavy atom. The summed E-state index contributed by atoms with van der Waals surface area (Å²) >= 11 is 0. The summed E-state index contributed by atoms with van der Waals surface area (Å²) < 4.78 is 59.2. The van der Waals surface area contributed by atoms with E-state index in [1.165, 1.54) is 11.6 Å². The van der Waals surface area contributed by atoms with E-state index in [2.05, 4.69) is 35.9 Å². The van der Waals surface area contributed by atoms with Gasteiger partial charge in [0.15, 0.2) is 17.4 Å².